The van der Waals surface area contributed by atoms with E-state index in [1.165, 1.54) is 24.1 Å². The SMILES string of the molecule is COC(=O)[C@@H]1CCCN1C(=O)[C@H](Cc1ccccc1)NC(=O)[C@@H](CCCN=C(N)N)NC(=O)[C@H](Cc1ccc(O)cc1)N=C(N)N. The van der Waals surface area contributed by atoms with Gasteiger partial charge in [0.2, 0.25) is 17.7 Å². The van der Waals surface area contributed by atoms with E-state index in [2.05, 4.69) is 20.6 Å². The first-order valence-corrected chi connectivity index (χ1v) is 14.9. The molecule has 15 heteroatoms. The van der Waals surface area contributed by atoms with E-state index in [1.807, 2.05) is 30.3 Å². The maximum absolute atomic E-state index is 13.9. The Kier molecular flexibility index (Phi) is 13.2. The number of phenols is 1. The second-order valence-corrected chi connectivity index (χ2v) is 10.9. The average Bonchev–Trinajstić information content (AvgIpc) is 3.52. The Morgan fingerprint density at radius 2 is 1.57 bits per heavy atom. The molecule has 1 heterocycles. The molecule has 2 aromatic rings. The zero-order valence-corrected chi connectivity index (χ0v) is 25.8. The number of nitrogens with one attached hydrogen (secondary N) is 2. The molecule has 0 spiro atoms. The first-order chi connectivity index (χ1) is 22.0. The summed E-state index contributed by atoms with van der Waals surface area (Å²) in [6, 6.07) is 11.3. The Labute approximate surface area is 267 Å². The van der Waals surface area contributed by atoms with Gasteiger partial charge in [-0.25, -0.2) is 9.79 Å². The van der Waals surface area contributed by atoms with Gasteiger partial charge in [0, 0.05) is 25.9 Å². The summed E-state index contributed by atoms with van der Waals surface area (Å²) in [5, 5.41) is 15.2. The van der Waals surface area contributed by atoms with Crippen LogP contribution in [0.25, 0.3) is 0 Å². The van der Waals surface area contributed by atoms with Crippen molar-refractivity contribution in [3.05, 3.63) is 65.7 Å². The molecule has 1 saturated heterocycles. The van der Waals surface area contributed by atoms with Crippen molar-refractivity contribution in [2.24, 2.45) is 32.9 Å². The number of carbonyl (C=O) groups excluding carboxylic acids is 4. The number of esters is 1. The molecule has 0 unspecified atom stereocenters. The standard InChI is InChI=1S/C31H43N9O6/c1-46-29(45)25-10-6-16-40(25)28(44)24(18-19-7-3-2-4-8-19)38-26(42)22(9-5-15-36-30(32)33)37-27(43)23(39-31(34)35)17-20-11-13-21(41)14-12-20/h2-4,7-8,11-14,22-25,41H,5-6,9-10,15-18H2,1H3,(H,37,43)(H,38,42)(H4,32,33,36)(H4,34,35,39)/t22-,23+,24+,25+/m1/s1. The highest BCUT2D eigenvalue weighted by Crippen LogP contribution is 2.21. The summed E-state index contributed by atoms with van der Waals surface area (Å²) in [7, 11) is 1.26. The van der Waals surface area contributed by atoms with E-state index < -0.39 is 47.9 Å². The van der Waals surface area contributed by atoms with Crippen molar-refractivity contribution in [3.8, 4) is 5.75 Å². The van der Waals surface area contributed by atoms with Crippen LogP contribution in [0.5, 0.6) is 5.75 Å². The number of ether oxygens (including phenoxy) is 1. The highest BCUT2D eigenvalue weighted by atomic mass is 16.5. The van der Waals surface area contributed by atoms with E-state index >= 15 is 0 Å². The second-order valence-electron chi connectivity index (χ2n) is 10.9. The van der Waals surface area contributed by atoms with Crippen LogP contribution in [-0.2, 0) is 36.8 Å². The number of guanidine groups is 2. The molecule has 2 aromatic carbocycles. The highest BCUT2D eigenvalue weighted by Gasteiger charge is 2.39. The van der Waals surface area contributed by atoms with Crippen LogP contribution >= 0.6 is 0 Å². The van der Waals surface area contributed by atoms with Crippen LogP contribution in [0.3, 0.4) is 0 Å². The third-order valence-electron chi connectivity index (χ3n) is 7.46. The van der Waals surface area contributed by atoms with Gasteiger partial charge in [0.05, 0.1) is 7.11 Å². The summed E-state index contributed by atoms with van der Waals surface area (Å²) in [6.45, 7) is 0.518. The summed E-state index contributed by atoms with van der Waals surface area (Å²) in [5.74, 6) is -2.64. The molecule has 0 bridgehead atoms. The Morgan fingerprint density at radius 3 is 2.20 bits per heavy atom. The lowest BCUT2D eigenvalue weighted by Gasteiger charge is -2.29. The quantitative estimate of drug-likeness (QED) is 0.0543. The van der Waals surface area contributed by atoms with E-state index in [4.69, 9.17) is 27.7 Å². The van der Waals surface area contributed by atoms with E-state index in [9.17, 15) is 24.3 Å². The van der Waals surface area contributed by atoms with E-state index in [-0.39, 0.29) is 43.5 Å². The molecule has 46 heavy (non-hydrogen) atoms. The number of benzene rings is 2. The number of likely N-dealkylation sites (tertiary alicyclic amines) is 1. The first kappa shape index (κ1) is 35.1. The molecule has 3 rings (SSSR count). The molecule has 3 amide bonds. The number of nitrogens with zero attached hydrogens (tertiary/aromatic N) is 3. The zero-order valence-electron chi connectivity index (χ0n) is 25.8. The predicted octanol–water partition coefficient (Wildman–Crippen LogP) is -0.993. The van der Waals surface area contributed by atoms with Crippen LogP contribution in [0.1, 0.15) is 36.8 Å². The summed E-state index contributed by atoms with van der Waals surface area (Å²) in [5.41, 5.74) is 23.6. The summed E-state index contributed by atoms with van der Waals surface area (Å²) in [4.78, 5) is 63.1. The maximum Gasteiger partial charge on any atom is 0.328 e. The molecule has 0 radical (unpaired) electrons. The van der Waals surface area contributed by atoms with Crippen molar-refractivity contribution in [1.29, 1.82) is 0 Å². The molecule has 11 N–H and O–H groups in total. The number of phenolic OH excluding ortho intramolecular Hbond substituents is 1. The molecule has 0 saturated carbocycles. The van der Waals surface area contributed by atoms with E-state index in [0.29, 0.717) is 31.4 Å². The lowest BCUT2D eigenvalue weighted by Crippen LogP contribution is -2.57. The highest BCUT2D eigenvalue weighted by molar-refractivity contribution is 5.95. The van der Waals surface area contributed by atoms with Crippen molar-refractivity contribution in [2.45, 2.75) is 62.7 Å². The topological polar surface area (TPSA) is 254 Å². The number of amides is 3. The summed E-state index contributed by atoms with van der Waals surface area (Å²) >= 11 is 0. The average molecular weight is 638 g/mol. The van der Waals surface area contributed by atoms with Crippen molar-refractivity contribution >= 4 is 35.6 Å². The monoisotopic (exact) mass is 637 g/mol. The molecule has 0 aliphatic carbocycles. The fourth-order valence-electron chi connectivity index (χ4n) is 5.21. The summed E-state index contributed by atoms with van der Waals surface area (Å²) in [6.07, 6.45) is 1.69. The van der Waals surface area contributed by atoms with Crippen LogP contribution in [0.4, 0.5) is 0 Å². The second kappa shape index (κ2) is 17.2. The number of rotatable bonds is 15. The van der Waals surface area contributed by atoms with Gasteiger partial charge in [-0.05, 0) is 48.9 Å². The summed E-state index contributed by atoms with van der Waals surface area (Å²) < 4.78 is 4.91. The Balaban J connectivity index is 1.87. The number of aliphatic imine (C=N–C) groups is 2. The largest absolute Gasteiger partial charge is 0.508 e. The van der Waals surface area contributed by atoms with Crippen molar-refractivity contribution in [2.75, 3.05) is 20.2 Å². The van der Waals surface area contributed by atoms with Crippen LogP contribution in [0.15, 0.2) is 64.6 Å². The van der Waals surface area contributed by atoms with Gasteiger partial charge >= 0.3 is 5.97 Å². The van der Waals surface area contributed by atoms with Gasteiger partial charge in [0.1, 0.15) is 29.9 Å². The van der Waals surface area contributed by atoms with Crippen molar-refractivity contribution in [1.82, 2.24) is 15.5 Å². The van der Waals surface area contributed by atoms with Crippen LogP contribution in [0, 0.1) is 0 Å². The van der Waals surface area contributed by atoms with Gasteiger partial charge in [-0.15, -0.1) is 0 Å². The van der Waals surface area contributed by atoms with Gasteiger partial charge in [-0.2, -0.15) is 0 Å². The van der Waals surface area contributed by atoms with Crippen LogP contribution in [0.2, 0.25) is 0 Å². The Morgan fingerprint density at radius 1 is 0.913 bits per heavy atom. The first-order valence-electron chi connectivity index (χ1n) is 14.9. The van der Waals surface area contributed by atoms with Crippen molar-refractivity contribution in [3.63, 3.8) is 0 Å². The molecule has 248 valence electrons. The third-order valence-corrected chi connectivity index (χ3v) is 7.46. The molecular weight excluding hydrogens is 594 g/mol. The molecule has 4 atom stereocenters. The van der Waals surface area contributed by atoms with E-state index in [0.717, 1.165) is 5.56 Å². The molecule has 1 aliphatic heterocycles. The Hall–Kier alpha value is -5.34. The molecular formula is C31H43N9O6. The maximum atomic E-state index is 13.9. The van der Waals surface area contributed by atoms with Gasteiger partial charge in [-0.1, -0.05) is 42.5 Å². The van der Waals surface area contributed by atoms with Gasteiger partial charge in [0.25, 0.3) is 0 Å². The minimum Gasteiger partial charge on any atom is -0.508 e. The normalized spacial score (nSPS) is 15.9. The number of carbonyl (C=O) groups is 4. The number of hydrogen-bond donors (Lipinski definition) is 7. The fraction of sp³-hybridized carbons (Fsp3) is 0.419. The van der Waals surface area contributed by atoms with Crippen LogP contribution in [-0.4, -0.2) is 90.0 Å². The number of methoxy groups -OCH3 is 1. The predicted molar refractivity (Wildman–Crippen MR) is 172 cm³/mol. The molecule has 0 aromatic heterocycles. The minimum absolute atomic E-state index is 0.0514. The molecule has 15 nitrogen and oxygen atoms in total. The van der Waals surface area contributed by atoms with E-state index in [1.54, 1.807) is 12.1 Å². The lowest BCUT2D eigenvalue weighted by atomic mass is 10.0. The molecule has 1 fully saturated rings. The smallest absolute Gasteiger partial charge is 0.328 e. The number of nitrogens with two attached hydrogens (primary N) is 4. The number of hydrogen-bond acceptors (Lipinski definition) is 8. The molecule has 1 aliphatic rings. The van der Waals surface area contributed by atoms with Crippen LogP contribution < -0.4 is 33.6 Å². The van der Waals surface area contributed by atoms with Gasteiger partial charge in [-0.3, -0.25) is 19.4 Å². The fourth-order valence-corrected chi connectivity index (χ4v) is 5.21. The van der Waals surface area contributed by atoms with Gasteiger partial charge in [0.15, 0.2) is 11.9 Å². The Bertz CT molecular complexity index is 1390. The zero-order chi connectivity index (χ0) is 33.6. The van der Waals surface area contributed by atoms with Gasteiger partial charge < -0.3 is 48.3 Å². The number of aromatic hydroxyl groups is 1. The third kappa shape index (κ3) is 10.7. The van der Waals surface area contributed by atoms with Crippen molar-refractivity contribution < 1.29 is 29.0 Å². The lowest BCUT2D eigenvalue weighted by molar-refractivity contribution is -0.152. The minimum atomic E-state index is -1.13.